The predicted molar refractivity (Wildman–Crippen MR) is 106 cm³/mol. The van der Waals surface area contributed by atoms with Crippen molar-refractivity contribution in [3.63, 3.8) is 0 Å². The maximum Gasteiger partial charge on any atom is 0.264 e. The first-order chi connectivity index (χ1) is 11.4. The Kier molecular flexibility index (Phi) is 5.34. The van der Waals surface area contributed by atoms with Crippen LogP contribution in [0.25, 0.3) is 6.08 Å². The van der Waals surface area contributed by atoms with Crippen molar-refractivity contribution < 1.29 is 9.90 Å². The van der Waals surface area contributed by atoms with Crippen LogP contribution in [0.4, 0.5) is 5.69 Å². The Morgan fingerprint density at radius 1 is 1.25 bits per heavy atom. The number of carbonyl (C=O) groups excluding carboxylic acids is 1. The number of phenolic OH excluding ortho intramolecular Hbond substituents is 1. The molecule has 0 spiro atoms. The van der Waals surface area contributed by atoms with Crippen molar-refractivity contribution in [2.45, 2.75) is 0 Å². The lowest BCUT2D eigenvalue weighted by atomic mass is 10.2. The van der Waals surface area contributed by atoms with Crippen molar-refractivity contribution in [3.05, 3.63) is 60.8 Å². The minimum Gasteiger partial charge on any atom is -0.506 e. The van der Waals surface area contributed by atoms with Gasteiger partial charge >= 0.3 is 0 Å². The Hall–Kier alpha value is -1.28. The normalized spacial score (nSPS) is 17.5. The van der Waals surface area contributed by atoms with Gasteiger partial charge in [-0.3, -0.25) is 4.79 Å². The number of hydrogen-bond donors (Lipinski definition) is 2. The summed E-state index contributed by atoms with van der Waals surface area (Å²) in [4.78, 5) is 16.9. The van der Waals surface area contributed by atoms with Crippen molar-refractivity contribution in [3.8, 4) is 5.75 Å². The molecular formula is C16H9Br2ClN2O2S. The van der Waals surface area contributed by atoms with Crippen molar-refractivity contribution in [1.29, 1.82) is 0 Å². The molecule has 1 heterocycles. The average Bonchev–Trinajstić information content (AvgIpc) is 2.84. The number of halogens is 3. The number of benzene rings is 2. The lowest BCUT2D eigenvalue weighted by molar-refractivity contribution is -0.115. The molecule has 0 aromatic heterocycles. The molecule has 122 valence electrons. The molecule has 0 unspecified atom stereocenters. The molecule has 0 aliphatic carbocycles. The molecular weight excluding hydrogens is 480 g/mol. The van der Waals surface area contributed by atoms with Crippen molar-refractivity contribution >= 4 is 78.1 Å². The molecule has 0 radical (unpaired) electrons. The van der Waals surface area contributed by atoms with Crippen LogP contribution in [-0.2, 0) is 4.79 Å². The van der Waals surface area contributed by atoms with Gasteiger partial charge in [0.15, 0.2) is 5.17 Å². The van der Waals surface area contributed by atoms with Crippen LogP contribution in [0, 0.1) is 0 Å². The second-order valence-electron chi connectivity index (χ2n) is 4.79. The number of aromatic hydroxyl groups is 1. The van der Waals surface area contributed by atoms with Crippen LogP contribution >= 0.6 is 55.2 Å². The summed E-state index contributed by atoms with van der Waals surface area (Å²) in [6, 6.07) is 10.6. The van der Waals surface area contributed by atoms with Gasteiger partial charge in [0.05, 0.1) is 15.1 Å². The second kappa shape index (κ2) is 7.31. The monoisotopic (exact) mass is 486 g/mol. The van der Waals surface area contributed by atoms with Gasteiger partial charge in [-0.1, -0.05) is 33.6 Å². The van der Waals surface area contributed by atoms with E-state index in [1.54, 1.807) is 18.2 Å². The number of carbonyl (C=O) groups is 1. The highest BCUT2D eigenvalue weighted by atomic mass is 79.9. The van der Waals surface area contributed by atoms with E-state index in [1.807, 2.05) is 24.3 Å². The van der Waals surface area contributed by atoms with Gasteiger partial charge < -0.3 is 10.4 Å². The van der Waals surface area contributed by atoms with Gasteiger partial charge in [-0.05, 0) is 64.1 Å². The van der Waals surface area contributed by atoms with Gasteiger partial charge in [0, 0.05) is 15.1 Å². The summed E-state index contributed by atoms with van der Waals surface area (Å²) in [6.45, 7) is 0. The molecule has 4 nitrogen and oxygen atoms in total. The van der Waals surface area contributed by atoms with Gasteiger partial charge in [0.25, 0.3) is 5.91 Å². The summed E-state index contributed by atoms with van der Waals surface area (Å²) in [6.07, 6.45) is 1.58. The number of nitrogens with one attached hydrogen (secondary N) is 1. The molecule has 0 saturated carbocycles. The topological polar surface area (TPSA) is 61.7 Å². The number of thioether (sulfide) groups is 1. The van der Waals surface area contributed by atoms with Crippen LogP contribution in [0.1, 0.15) is 5.56 Å². The van der Waals surface area contributed by atoms with Crippen LogP contribution in [0.3, 0.4) is 0 Å². The largest absolute Gasteiger partial charge is 0.506 e. The van der Waals surface area contributed by atoms with E-state index < -0.39 is 0 Å². The molecule has 24 heavy (non-hydrogen) atoms. The fourth-order valence-corrected chi connectivity index (χ4v) is 4.03. The highest BCUT2D eigenvalue weighted by Gasteiger charge is 2.24. The van der Waals surface area contributed by atoms with Gasteiger partial charge in [-0.15, -0.1) is 0 Å². The molecule has 2 aromatic rings. The first kappa shape index (κ1) is 17.5. The second-order valence-corrected chi connectivity index (χ2v) is 8.02. The number of phenols is 1. The Bertz CT molecular complexity index is 900. The predicted octanol–water partition coefficient (Wildman–Crippen LogP) is 5.46. The molecule has 1 fully saturated rings. The lowest BCUT2D eigenvalue weighted by Crippen LogP contribution is -2.19. The van der Waals surface area contributed by atoms with Crippen LogP contribution in [-0.4, -0.2) is 16.2 Å². The van der Waals surface area contributed by atoms with Crippen LogP contribution in [0.2, 0.25) is 5.02 Å². The Morgan fingerprint density at radius 2 is 2.04 bits per heavy atom. The molecule has 0 atom stereocenters. The summed E-state index contributed by atoms with van der Waals surface area (Å²) in [5.74, 6) is -0.248. The minimum absolute atomic E-state index is 0.0256. The molecule has 2 aromatic carbocycles. The lowest BCUT2D eigenvalue weighted by Gasteiger charge is -2.03. The number of amidine groups is 1. The van der Waals surface area contributed by atoms with Crippen molar-refractivity contribution in [1.82, 2.24) is 5.32 Å². The Labute approximate surface area is 164 Å². The Morgan fingerprint density at radius 3 is 2.79 bits per heavy atom. The summed E-state index contributed by atoms with van der Waals surface area (Å²) >= 11 is 13.8. The molecule has 0 bridgehead atoms. The van der Waals surface area contributed by atoms with Crippen LogP contribution in [0.15, 0.2) is 55.2 Å². The Balaban J connectivity index is 1.90. The smallest absolute Gasteiger partial charge is 0.264 e. The highest BCUT2D eigenvalue weighted by molar-refractivity contribution is 9.10. The van der Waals surface area contributed by atoms with E-state index in [-0.39, 0.29) is 11.7 Å². The fraction of sp³-hybridized carbons (Fsp3) is 0. The van der Waals surface area contributed by atoms with E-state index in [2.05, 4.69) is 42.2 Å². The SMILES string of the molecule is O=C1NC(=Nc2cccc(Br)c2)SC1=Cc1cc(Cl)cc(Br)c1O. The van der Waals surface area contributed by atoms with Crippen LogP contribution in [0.5, 0.6) is 5.75 Å². The van der Waals surface area contributed by atoms with Crippen LogP contribution < -0.4 is 5.32 Å². The summed E-state index contributed by atoms with van der Waals surface area (Å²) in [5.41, 5.74) is 1.18. The number of rotatable bonds is 2. The number of nitrogens with zero attached hydrogens (tertiary/aromatic N) is 1. The van der Waals surface area contributed by atoms with Gasteiger partial charge in [-0.2, -0.15) is 0 Å². The van der Waals surface area contributed by atoms with Crippen molar-refractivity contribution in [2.24, 2.45) is 4.99 Å². The van der Waals surface area contributed by atoms with E-state index in [0.29, 0.717) is 25.1 Å². The standard InChI is InChI=1S/C16H9Br2ClN2O2S/c17-9-2-1-3-11(6-9)20-16-21-15(23)13(24-16)5-8-4-10(19)7-12(18)14(8)22/h1-7,22H,(H,20,21,23). The first-order valence-corrected chi connectivity index (χ1v) is 9.43. The quantitative estimate of drug-likeness (QED) is 0.552. The zero-order valence-corrected chi connectivity index (χ0v) is 16.6. The van der Waals surface area contributed by atoms with E-state index in [1.165, 1.54) is 11.8 Å². The summed E-state index contributed by atoms with van der Waals surface area (Å²) in [5, 5.41) is 13.7. The molecule has 2 N–H and O–H groups in total. The minimum atomic E-state index is -0.274. The molecule has 1 aliphatic rings. The zero-order chi connectivity index (χ0) is 17.3. The fourth-order valence-electron chi connectivity index (χ4n) is 1.98. The highest BCUT2D eigenvalue weighted by Crippen LogP contribution is 2.35. The number of hydrogen-bond acceptors (Lipinski definition) is 4. The van der Waals surface area contributed by atoms with Gasteiger partial charge in [-0.25, -0.2) is 4.99 Å². The number of aliphatic imine (C=N–C) groups is 1. The van der Waals surface area contributed by atoms with E-state index >= 15 is 0 Å². The summed E-state index contributed by atoms with van der Waals surface area (Å²) in [7, 11) is 0. The van der Waals surface area contributed by atoms with Gasteiger partial charge in [0.2, 0.25) is 0 Å². The maximum atomic E-state index is 12.1. The molecule has 8 heteroatoms. The number of amides is 1. The molecule has 1 aliphatic heterocycles. The summed E-state index contributed by atoms with van der Waals surface area (Å²) < 4.78 is 1.37. The molecule has 3 rings (SSSR count). The third kappa shape index (κ3) is 4.03. The molecule has 1 amide bonds. The third-order valence-corrected chi connectivity index (χ3v) is 5.26. The third-order valence-electron chi connectivity index (χ3n) is 3.03. The van der Waals surface area contributed by atoms with E-state index in [4.69, 9.17) is 11.6 Å². The molecule has 1 saturated heterocycles. The zero-order valence-electron chi connectivity index (χ0n) is 11.9. The van der Waals surface area contributed by atoms with Crippen molar-refractivity contribution in [2.75, 3.05) is 0 Å². The van der Waals surface area contributed by atoms with E-state index in [9.17, 15) is 9.90 Å². The average molecular weight is 489 g/mol. The van der Waals surface area contributed by atoms with E-state index in [0.717, 1.165) is 10.2 Å². The first-order valence-electron chi connectivity index (χ1n) is 6.65. The maximum absolute atomic E-state index is 12.1. The van der Waals surface area contributed by atoms with Gasteiger partial charge in [0.1, 0.15) is 5.75 Å².